The maximum absolute atomic E-state index is 13.8. The van der Waals surface area contributed by atoms with Gasteiger partial charge in [0.05, 0.1) is 24.5 Å². The van der Waals surface area contributed by atoms with Crippen LogP contribution in [0.4, 0.5) is 4.39 Å². The average molecular weight is 351 g/mol. The Morgan fingerprint density at radius 2 is 2.04 bits per heavy atom. The molecule has 0 radical (unpaired) electrons. The number of halogens is 1. The van der Waals surface area contributed by atoms with Crippen molar-refractivity contribution >= 4 is 11.5 Å². The Morgan fingerprint density at radius 3 is 2.81 bits per heavy atom. The molecule has 1 aliphatic heterocycles. The third-order valence-corrected chi connectivity index (χ3v) is 4.50. The summed E-state index contributed by atoms with van der Waals surface area (Å²) < 4.78 is 15.4. The molecule has 4 rings (SSSR count). The first-order chi connectivity index (χ1) is 12.5. The third kappa shape index (κ3) is 2.65. The van der Waals surface area contributed by atoms with E-state index in [1.807, 2.05) is 24.0 Å². The Balaban J connectivity index is 1.84. The number of hydrogen-bond acceptors (Lipinski definition) is 6. The van der Waals surface area contributed by atoms with Crippen molar-refractivity contribution < 1.29 is 4.39 Å². The largest absolute Gasteiger partial charge is 0.398 e. The number of nitrogens with two attached hydrogens (primary N) is 2. The van der Waals surface area contributed by atoms with Gasteiger partial charge in [-0.05, 0) is 30.7 Å². The minimum Gasteiger partial charge on any atom is -0.398 e. The Labute approximate surface area is 149 Å². The van der Waals surface area contributed by atoms with Gasteiger partial charge in [0.2, 0.25) is 0 Å². The number of rotatable bonds is 3. The lowest BCUT2D eigenvalue weighted by Gasteiger charge is -2.34. The van der Waals surface area contributed by atoms with Gasteiger partial charge in [-0.15, -0.1) is 0 Å². The molecule has 4 heterocycles. The van der Waals surface area contributed by atoms with Gasteiger partial charge in [0, 0.05) is 18.6 Å². The molecule has 1 atom stereocenters. The highest BCUT2D eigenvalue weighted by Gasteiger charge is 2.28. The quantitative estimate of drug-likeness (QED) is 0.749. The monoisotopic (exact) mass is 351 g/mol. The summed E-state index contributed by atoms with van der Waals surface area (Å²) >= 11 is 0. The smallest absolute Gasteiger partial charge is 0.157 e. The predicted molar refractivity (Wildman–Crippen MR) is 96.4 cm³/mol. The van der Waals surface area contributed by atoms with Crippen molar-refractivity contribution in [3.05, 3.63) is 77.6 Å². The average Bonchev–Trinajstić information content (AvgIpc) is 3.06. The second-order valence-corrected chi connectivity index (χ2v) is 6.16. The van der Waals surface area contributed by atoms with Crippen LogP contribution in [0, 0.1) is 5.82 Å². The summed E-state index contributed by atoms with van der Waals surface area (Å²) in [6.45, 7) is 2.44. The van der Waals surface area contributed by atoms with Gasteiger partial charge < -0.3 is 16.4 Å². The van der Waals surface area contributed by atoms with Crippen LogP contribution in [0.15, 0.2) is 65.6 Å². The fourth-order valence-electron chi connectivity index (χ4n) is 3.04. The van der Waals surface area contributed by atoms with Gasteiger partial charge in [-0.3, -0.25) is 9.38 Å². The standard InChI is InChI=1S/C18H18FN7/c1-11(12-3-2-6-22-7-12)25-10-14(20)17(21)24-18(25)15-8-23-16-5-4-13(19)9-26(15)16/h2-9,11H,10,20-21H2,1H3/t11-/m1/s1. The van der Waals surface area contributed by atoms with E-state index in [-0.39, 0.29) is 17.7 Å². The highest BCUT2D eigenvalue weighted by molar-refractivity contribution is 5.99. The van der Waals surface area contributed by atoms with Crippen molar-refractivity contribution in [2.24, 2.45) is 16.5 Å². The number of fused-ring (bicyclic) bond motifs is 1. The van der Waals surface area contributed by atoms with Crippen molar-refractivity contribution in [1.82, 2.24) is 19.3 Å². The summed E-state index contributed by atoms with van der Waals surface area (Å²) in [6.07, 6.45) is 6.56. The molecule has 4 N–H and O–H groups in total. The normalized spacial score (nSPS) is 16.1. The van der Waals surface area contributed by atoms with Crippen LogP contribution in [0.1, 0.15) is 24.2 Å². The van der Waals surface area contributed by atoms with Crippen LogP contribution >= 0.6 is 0 Å². The first-order valence-electron chi connectivity index (χ1n) is 8.17. The molecule has 3 aromatic rings. The molecule has 0 spiro atoms. The zero-order valence-corrected chi connectivity index (χ0v) is 14.2. The van der Waals surface area contributed by atoms with E-state index in [2.05, 4.69) is 15.0 Å². The lowest BCUT2D eigenvalue weighted by molar-refractivity contribution is 0.352. The summed E-state index contributed by atoms with van der Waals surface area (Å²) in [4.78, 5) is 15.0. The number of hydrogen-bond donors (Lipinski definition) is 2. The van der Waals surface area contributed by atoms with Crippen molar-refractivity contribution in [2.45, 2.75) is 13.0 Å². The Morgan fingerprint density at radius 1 is 1.19 bits per heavy atom. The van der Waals surface area contributed by atoms with E-state index < -0.39 is 0 Å². The molecule has 8 heteroatoms. The molecular weight excluding hydrogens is 333 g/mol. The minimum atomic E-state index is -0.358. The molecule has 0 amide bonds. The fraction of sp³-hybridized carbons (Fsp3) is 0.167. The molecule has 0 fully saturated rings. The summed E-state index contributed by atoms with van der Waals surface area (Å²) in [7, 11) is 0. The van der Waals surface area contributed by atoms with Crippen LogP contribution in [0.2, 0.25) is 0 Å². The van der Waals surface area contributed by atoms with Crippen LogP contribution in [0.5, 0.6) is 0 Å². The van der Waals surface area contributed by atoms with Gasteiger partial charge >= 0.3 is 0 Å². The molecule has 7 nitrogen and oxygen atoms in total. The van der Waals surface area contributed by atoms with Crippen LogP contribution in [-0.2, 0) is 0 Å². The summed E-state index contributed by atoms with van der Waals surface area (Å²) in [5.41, 5.74) is 14.8. The molecular formula is C18H18FN7. The van der Waals surface area contributed by atoms with E-state index in [0.717, 1.165) is 5.56 Å². The molecule has 3 aromatic heterocycles. The molecule has 0 saturated carbocycles. The molecule has 26 heavy (non-hydrogen) atoms. The van der Waals surface area contributed by atoms with E-state index in [0.29, 0.717) is 29.4 Å². The Bertz CT molecular complexity index is 1020. The van der Waals surface area contributed by atoms with Crippen molar-refractivity contribution in [3.8, 4) is 0 Å². The number of aliphatic imine (C=N–C) groups is 1. The van der Waals surface area contributed by atoms with Crippen LogP contribution < -0.4 is 11.5 Å². The minimum absolute atomic E-state index is 0.0618. The van der Waals surface area contributed by atoms with E-state index in [1.165, 1.54) is 12.3 Å². The maximum atomic E-state index is 13.8. The van der Waals surface area contributed by atoms with Gasteiger partial charge in [-0.2, -0.15) is 0 Å². The van der Waals surface area contributed by atoms with E-state index in [9.17, 15) is 4.39 Å². The molecule has 0 saturated heterocycles. The first-order valence-corrected chi connectivity index (χ1v) is 8.17. The van der Waals surface area contributed by atoms with Gasteiger partial charge in [0.1, 0.15) is 23.0 Å². The van der Waals surface area contributed by atoms with Crippen molar-refractivity contribution in [3.63, 3.8) is 0 Å². The molecule has 0 bridgehead atoms. The van der Waals surface area contributed by atoms with Gasteiger partial charge in [-0.1, -0.05) is 6.07 Å². The maximum Gasteiger partial charge on any atom is 0.157 e. The number of amidine groups is 1. The van der Waals surface area contributed by atoms with E-state index in [1.54, 1.807) is 29.1 Å². The number of imidazole rings is 1. The third-order valence-electron chi connectivity index (χ3n) is 4.50. The fourth-order valence-corrected chi connectivity index (χ4v) is 3.04. The summed E-state index contributed by atoms with van der Waals surface area (Å²) in [6, 6.07) is 6.79. The predicted octanol–water partition coefficient (Wildman–Crippen LogP) is 1.78. The molecule has 1 aliphatic rings. The van der Waals surface area contributed by atoms with Gasteiger partial charge in [0.15, 0.2) is 5.84 Å². The summed E-state index contributed by atoms with van der Waals surface area (Å²) in [5.74, 6) is 0.496. The van der Waals surface area contributed by atoms with Gasteiger partial charge in [0.25, 0.3) is 0 Å². The highest BCUT2D eigenvalue weighted by Crippen LogP contribution is 2.26. The zero-order valence-electron chi connectivity index (χ0n) is 14.2. The second-order valence-electron chi connectivity index (χ2n) is 6.16. The zero-order chi connectivity index (χ0) is 18.3. The second kappa shape index (κ2) is 6.14. The Hall–Kier alpha value is -3.42. The molecule has 0 aliphatic carbocycles. The van der Waals surface area contributed by atoms with Crippen molar-refractivity contribution in [2.75, 3.05) is 6.54 Å². The number of aromatic nitrogens is 3. The number of pyridine rings is 2. The van der Waals surface area contributed by atoms with E-state index in [4.69, 9.17) is 11.5 Å². The van der Waals surface area contributed by atoms with Gasteiger partial charge in [-0.25, -0.2) is 14.4 Å². The molecule has 0 aromatic carbocycles. The number of nitrogens with zero attached hydrogens (tertiary/aromatic N) is 5. The van der Waals surface area contributed by atoms with Crippen LogP contribution in [-0.4, -0.2) is 31.6 Å². The first kappa shape index (κ1) is 16.1. The van der Waals surface area contributed by atoms with Crippen LogP contribution in [0.3, 0.4) is 0 Å². The lowest BCUT2D eigenvalue weighted by Crippen LogP contribution is -2.41. The molecule has 0 unspecified atom stereocenters. The van der Waals surface area contributed by atoms with E-state index >= 15 is 0 Å². The summed E-state index contributed by atoms with van der Waals surface area (Å²) in [5, 5.41) is 0. The van der Waals surface area contributed by atoms with Crippen molar-refractivity contribution in [1.29, 1.82) is 0 Å². The highest BCUT2D eigenvalue weighted by atomic mass is 19.1. The topological polar surface area (TPSA) is 97.8 Å². The Kier molecular flexibility index (Phi) is 3.80. The lowest BCUT2D eigenvalue weighted by atomic mass is 10.1. The van der Waals surface area contributed by atoms with Crippen LogP contribution in [0.25, 0.3) is 5.65 Å². The molecule has 132 valence electrons. The SMILES string of the molecule is C[C@H](c1cccnc1)N1CC(N)=C(N)N=C1c1cnc2ccc(F)cn12.